The molecule has 0 aliphatic carbocycles. The molecule has 0 spiro atoms. The van der Waals surface area contributed by atoms with E-state index in [0.29, 0.717) is 6.54 Å². The number of carbonyl (C=O) groups is 1. The zero-order valence-electron chi connectivity index (χ0n) is 14.6. The minimum atomic E-state index is -0.427. The van der Waals surface area contributed by atoms with E-state index in [4.69, 9.17) is 9.47 Å². The molecule has 0 bridgehead atoms. The van der Waals surface area contributed by atoms with Gasteiger partial charge in [-0.1, -0.05) is 60.7 Å². The molecule has 26 heavy (non-hydrogen) atoms. The van der Waals surface area contributed by atoms with Crippen molar-refractivity contribution in [1.82, 2.24) is 5.32 Å². The summed E-state index contributed by atoms with van der Waals surface area (Å²) in [6, 6.07) is 21.8. The molecule has 0 aliphatic heterocycles. The Morgan fingerprint density at radius 2 is 1.77 bits per heavy atom. The van der Waals surface area contributed by atoms with Gasteiger partial charge in [-0.25, -0.2) is 4.79 Å². The highest BCUT2D eigenvalue weighted by molar-refractivity contribution is 5.86. The maximum absolute atomic E-state index is 11.7. The second-order valence-electron chi connectivity index (χ2n) is 5.82. The van der Waals surface area contributed by atoms with Crippen molar-refractivity contribution in [2.24, 2.45) is 0 Å². The van der Waals surface area contributed by atoms with Crippen LogP contribution < -0.4 is 10.1 Å². The van der Waals surface area contributed by atoms with Crippen LogP contribution in [-0.2, 0) is 11.3 Å². The van der Waals surface area contributed by atoms with Crippen molar-refractivity contribution in [2.45, 2.75) is 6.61 Å². The SMILES string of the molecule is COc1ccc2cc(C=CCNC(=O)OCc3ccccc3)ccc2c1. The molecule has 0 saturated carbocycles. The Balaban J connectivity index is 1.49. The Labute approximate surface area is 153 Å². The Morgan fingerprint density at radius 1 is 1.00 bits per heavy atom. The topological polar surface area (TPSA) is 47.6 Å². The van der Waals surface area contributed by atoms with Crippen LogP contribution in [0.5, 0.6) is 5.75 Å². The van der Waals surface area contributed by atoms with Crippen LogP contribution in [0.4, 0.5) is 4.79 Å². The summed E-state index contributed by atoms with van der Waals surface area (Å²) >= 11 is 0. The third-order valence-electron chi connectivity index (χ3n) is 3.96. The summed E-state index contributed by atoms with van der Waals surface area (Å²) in [6.45, 7) is 0.679. The van der Waals surface area contributed by atoms with Gasteiger partial charge in [0.1, 0.15) is 12.4 Å². The number of carbonyl (C=O) groups excluding carboxylic acids is 1. The highest BCUT2D eigenvalue weighted by atomic mass is 16.5. The second-order valence-corrected chi connectivity index (χ2v) is 5.82. The predicted molar refractivity (Wildman–Crippen MR) is 104 cm³/mol. The maximum Gasteiger partial charge on any atom is 0.407 e. The molecule has 0 saturated heterocycles. The van der Waals surface area contributed by atoms with Crippen LogP contribution in [0.1, 0.15) is 11.1 Å². The molecule has 0 radical (unpaired) electrons. The number of alkyl carbamates (subject to hydrolysis) is 1. The summed E-state index contributed by atoms with van der Waals surface area (Å²) in [5, 5.41) is 4.98. The lowest BCUT2D eigenvalue weighted by atomic mass is 10.1. The van der Waals surface area contributed by atoms with E-state index in [1.54, 1.807) is 7.11 Å². The van der Waals surface area contributed by atoms with Gasteiger partial charge in [-0.2, -0.15) is 0 Å². The molecule has 0 aromatic heterocycles. The van der Waals surface area contributed by atoms with E-state index in [1.807, 2.05) is 66.7 Å². The predicted octanol–water partition coefficient (Wildman–Crippen LogP) is 4.79. The number of fused-ring (bicyclic) bond motifs is 1. The molecule has 4 heteroatoms. The smallest absolute Gasteiger partial charge is 0.407 e. The average Bonchev–Trinajstić information content (AvgIpc) is 2.70. The molecule has 0 heterocycles. The highest BCUT2D eigenvalue weighted by Gasteiger charge is 2.00. The molecule has 0 unspecified atom stereocenters. The molecule has 3 aromatic carbocycles. The van der Waals surface area contributed by atoms with E-state index in [2.05, 4.69) is 17.4 Å². The Hall–Kier alpha value is -3.27. The van der Waals surface area contributed by atoms with Crippen molar-refractivity contribution < 1.29 is 14.3 Å². The van der Waals surface area contributed by atoms with Gasteiger partial charge in [0.2, 0.25) is 0 Å². The highest BCUT2D eigenvalue weighted by Crippen LogP contribution is 2.22. The monoisotopic (exact) mass is 347 g/mol. The number of amides is 1. The van der Waals surface area contributed by atoms with Crippen LogP contribution in [0.25, 0.3) is 16.8 Å². The van der Waals surface area contributed by atoms with E-state index >= 15 is 0 Å². The molecule has 0 aliphatic rings. The van der Waals surface area contributed by atoms with Crippen molar-refractivity contribution in [2.75, 3.05) is 13.7 Å². The minimum Gasteiger partial charge on any atom is -0.497 e. The number of hydrogen-bond donors (Lipinski definition) is 1. The van der Waals surface area contributed by atoms with Crippen LogP contribution in [-0.4, -0.2) is 19.7 Å². The molecular weight excluding hydrogens is 326 g/mol. The Kier molecular flexibility index (Phi) is 5.88. The van der Waals surface area contributed by atoms with Gasteiger partial charge in [-0.05, 0) is 40.1 Å². The van der Waals surface area contributed by atoms with Gasteiger partial charge in [0, 0.05) is 6.54 Å². The second kappa shape index (κ2) is 8.72. The minimum absolute atomic E-state index is 0.268. The summed E-state index contributed by atoms with van der Waals surface area (Å²) < 4.78 is 10.4. The zero-order chi connectivity index (χ0) is 18.2. The van der Waals surface area contributed by atoms with E-state index < -0.39 is 6.09 Å². The van der Waals surface area contributed by atoms with Crippen LogP contribution in [0.2, 0.25) is 0 Å². The molecule has 1 amide bonds. The van der Waals surface area contributed by atoms with Crippen molar-refractivity contribution in [3.05, 3.63) is 83.9 Å². The third-order valence-corrected chi connectivity index (χ3v) is 3.96. The first kappa shape index (κ1) is 17.5. The van der Waals surface area contributed by atoms with Gasteiger partial charge >= 0.3 is 6.09 Å². The van der Waals surface area contributed by atoms with E-state index in [1.165, 1.54) is 0 Å². The van der Waals surface area contributed by atoms with Crippen molar-refractivity contribution >= 4 is 22.9 Å². The van der Waals surface area contributed by atoms with Gasteiger partial charge in [0.25, 0.3) is 0 Å². The first-order valence-corrected chi connectivity index (χ1v) is 8.43. The van der Waals surface area contributed by atoms with E-state index in [9.17, 15) is 4.79 Å². The fourth-order valence-electron chi connectivity index (χ4n) is 2.58. The van der Waals surface area contributed by atoms with E-state index in [-0.39, 0.29) is 6.61 Å². The van der Waals surface area contributed by atoms with Gasteiger partial charge in [0.05, 0.1) is 7.11 Å². The molecule has 1 N–H and O–H groups in total. The largest absolute Gasteiger partial charge is 0.497 e. The summed E-state index contributed by atoms with van der Waals surface area (Å²) in [7, 11) is 1.66. The number of nitrogens with one attached hydrogen (secondary N) is 1. The summed E-state index contributed by atoms with van der Waals surface area (Å²) in [5.74, 6) is 0.846. The van der Waals surface area contributed by atoms with Gasteiger partial charge in [0.15, 0.2) is 0 Å². The Bertz CT molecular complexity index is 904. The number of hydrogen-bond acceptors (Lipinski definition) is 3. The van der Waals surface area contributed by atoms with Crippen molar-refractivity contribution in [3.63, 3.8) is 0 Å². The number of benzene rings is 3. The fraction of sp³-hybridized carbons (Fsp3) is 0.136. The number of rotatable bonds is 6. The summed E-state index contributed by atoms with van der Waals surface area (Å²) in [6.07, 6.45) is 3.44. The molecule has 0 atom stereocenters. The standard InChI is InChI=1S/C22H21NO3/c1-25-21-12-11-19-14-17(9-10-20(19)15-21)8-5-13-23-22(24)26-16-18-6-3-2-4-7-18/h2-12,14-15H,13,16H2,1H3,(H,23,24). The average molecular weight is 347 g/mol. The summed E-state index contributed by atoms with van der Waals surface area (Å²) in [4.78, 5) is 11.7. The molecule has 132 valence electrons. The summed E-state index contributed by atoms with van der Waals surface area (Å²) in [5.41, 5.74) is 2.04. The fourth-order valence-corrected chi connectivity index (χ4v) is 2.58. The van der Waals surface area contributed by atoms with Crippen LogP contribution in [0, 0.1) is 0 Å². The van der Waals surface area contributed by atoms with E-state index in [0.717, 1.165) is 27.6 Å². The lowest BCUT2D eigenvalue weighted by molar-refractivity contribution is 0.141. The lowest BCUT2D eigenvalue weighted by Gasteiger charge is -2.05. The van der Waals surface area contributed by atoms with Crippen LogP contribution >= 0.6 is 0 Å². The quantitative estimate of drug-likeness (QED) is 0.697. The first-order valence-electron chi connectivity index (χ1n) is 8.43. The molecule has 3 aromatic rings. The molecule has 4 nitrogen and oxygen atoms in total. The first-order chi connectivity index (χ1) is 12.7. The molecule has 3 rings (SSSR count). The maximum atomic E-state index is 11.7. The van der Waals surface area contributed by atoms with Gasteiger partial charge in [-0.15, -0.1) is 0 Å². The van der Waals surface area contributed by atoms with Crippen LogP contribution in [0.3, 0.4) is 0 Å². The molecule has 0 fully saturated rings. The normalized spacial score (nSPS) is 10.8. The zero-order valence-corrected chi connectivity index (χ0v) is 14.6. The van der Waals surface area contributed by atoms with Crippen molar-refractivity contribution in [3.8, 4) is 5.75 Å². The number of ether oxygens (including phenoxy) is 2. The van der Waals surface area contributed by atoms with Crippen LogP contribution in [0.15, 0.2) is 72.8 Å². The van der Waals surface area contributed by atoms with Crippen molar-refractivity contribution in [1.29, 1.82) is 0 Å². The van der Waals surface area contributed by atoms with Gasteiger partial charge in [-0.3, -0.25) is 0 Å². The third kappa shape index (κ3) is 4.86. The number of methoxy groups -OCH3 is 1. The molecular formula is C22H21NO3. The Morgan fingerprint density at radius 3 is 2.58 bits per heavy atom. The lowest BCUT2D eigenvalue weighted by Crippen LogP contribution is -2.24. The van der Waals surface area contributed by atoms with Gasteiger partial charge < -0.3 is 14.8 Å².